The number of hydrogen-bond acceptors (Lipinski definition) is 3. The van der Waals surface area contributed by atoms with E-state index in [1.54, 1.807) is 0 Å². The summed E-state index contributed by atoms with van der Waals surface area (Å²) in [5.41, 5.74) is 3.53. The third kappa shape index (κ3) is 4.78. The van der Waals surface area contributed by atoms with Crippen LogP contribution in [0.1, 0.15) is 49.9 Å². The molecular weight excluding hydrogens is 248 g/mol. The Hall–Kier alpha value is -1.09. The molecule has 1 aromatic rings. The van der Waals surface area contributed by atoms with Gasteiger partial charge in [0.25, 0.3) is 0 Å². The second-order valence-electron chi connectivity index (χ2n) is 6.47. The molecule has 0 spiro atoms. The van der Waals surface area contributed by atoms with Crippen molar-refractivity contribution in [3.05, 3.63) is 22.9 Å². The van der Waals surface area contributed by atoms with Gasteiger partial charge in [0.2, 0.25) is 5.88 Å². The van der Waals surface area contributed by atoms with Gasteiger partial charge in [-0.25, -0.2) is 4.98 Å². The number of nitrogens with zero attached hydrogens (tertiary/aromatic N) is 1. The molecule has 3 nitrogen and oxygen atoms in total. The topological polar surface area (TPSA) is 34.1 Å². The number of pyridine rings is 1. The molecule has 0 aromatic carbocycles. The maximum atomic E-state index is 5.96. The molecule has 112 valence electrons. The number of aromatic nitrogens is 1. The lowest BCUT2D eigenvalue weighted by atomic mass is 10.1. The van der Waals surface area contributed by atoms with E-state index in [-0.39, 0.29) is 0 Å². The van der Waals surface area contributed by atoms with E-state index in [4.69, 9.17) is 4.74 Å². The molecule has 0 bridgehead atoms. The molecule has 1 N–H and O–H groups in total. The fraction of sp³-hybridized carbons (Fsp3) is 0.706. The van der Waals surface area contributed by atoms with Crippen molar-refractivity contribution in [2.45, 2.75) is 53.5 Å². The summed E-state index contributed by atoms with van der Waals surface area (Å²) < 4.78 is 5.96. The van der Waals surface area contributed by atoms with Crippen LogP contribution in [0.25, 0.3) is 0 Å². The summed E-state index contributed by atoms with van der Waals surface area (Å²) in [4.78, 5) is 4.59. The Morgan fingerprint density at radius 2 is 2.10 bits per heavy atom. The molecule has 1 aromatic heterocycles. The van der Waals surface area contributed by atoms with E-state index in [1.807, 2.05) is 6.92 Å². The summed E-state index contributed by atoms with van der Waals surface area (Å²) in [6.07, 6.45) is 3.94. The van der Waals surface area contributed by atoms with Crippen LogP contribution in [0.3, 0.4) is 0 Å². The molecule has 0 saturated heterocycles. The smallest absolute Gasteiger partial charge is 0.218 e. The zero-order valence-corrected chi connectivity index (χ0v) is 13.3. The van der Waals surface area contributed by atoms with Crippen LogP contribution in [-0.2, 0) is 6.54 Å². The summed E-state index contributed by atoms with van der Waals surface area (Å²) in [7, 11) is 0. The Morgan fingerprint density at radius 3 is 2.75 bits per heavy atom. The second-order valence-corrected chi connectivity index (χ2v) is 6.47. The Kier molecular flexibility index (Phi) is 5.41. The van der Waals surface area contributed by atoms with E-state index in [0.717, 1.165) is 37.2 Å². The molecule has 1 fully saturated rings. The molecule has 2 rings (SSSR count). The number of ether oxygens (including phenoxy) is 1. The number of nitrogens with one attached hydrogen (secondary N) is 1. The second kappa shape index (κ2) is 7.07. The van der Waals surface area contributed by atoms with Crippen LogP contribution in [0.5, 0.6) is 5.88 Å². The van der Waals surface area contributed by atoms with E-state index in [1.165, 1.54) is 30.4 Å². The Labute approximate surface area is 123 Å². The first-order valence-electron chi connectivity index (χ1n) is 7.87. The first-order valence-corrected chi connectivity index (χ1v) is 7.87. The molecule has 1 heterocycles. The third-order valence-corrected chi connectivity index (χ3v) is 3.75. The molecular formula is C17H28N2O. The molecule has 1 aliphatic carbocycles. The highest BCUT2D eigenvalue weighted by Crippen LogP contribution is 2.32. The molecule has 0 radical (unpaired) electrons. The van der Waals surface area contributed by atoms with Crippen LogP contribution in [0.15, 0.2) is 6.07 Å². The fourth-order valence-electron chi connectivity index (χ4n) is 2.38. The van der Waals surface area contributed by atoms with Crippen molar-refractivity contribution >= 4 is 0 Å². The van der Waals surface area contributed by atoms with Gasteiger partial charge in [-0.05, 0) is 50.3 Å². The van der Waals surface area contributed by atoms with E-state index in [9.17, 15) is 0 Å². The maximum absolute atomic E-state index is 5.96. The van der Waals surface area contributed by atoms with Crippen LogP contribution >= 0.6 is 0 Å². The van der Waals surface area contributed by atoms with Crippen molar-refractivity contribution in [1.29, 1.82) is 0 Å². The van der Waals surface area contributed by atoms with Gasteiger partial charge in [0.15, 0.2) is 0 Å². The normalized spacial score (nSPS) is 14.8. The highest BCUT2D eigenvalue weighted by Gasteiger charge is 2.21. The molecule has 0 aliphatic heterocycles. The number of rotatable bonds is 8. The van der Waals surface area contributed by atoms with Gasteiger partial charge in [0.1, 0.15) is 0 Å². The van der Waals surface area contributed by atoms with Gasteiger partial charge in [0.05, 0.1) is 6.61 Å². The number of hydrogen-bond donors (Lipinski definition) is 1. The van der Waals surface area contributed by atoms with Gasteiger partial charge in [0, 0.05) is 17.8 Å². The summed E-state index contributed by atoms with van der Waals surface area (Å²) >= 11 is 0. The van der Waals surface area contributed by atoms with E-state index < -0.39 is 0 Å². The van der Waals surface area contributed by atoms with Gasteiger partial charge >= 0.3 is 0 Å². The van der Waals surface area contributed by atoms with Gasteiger partial charge in [-0.1, -0.05) is 26.7 Å². The van der Waals surface area contributed by atoms with Gasteiger partial charge in [-0.15, -0.1) is 0 Å². The maximum Gasteiger partial charge on any atom is 0.218 e. The minimum atomic E-state index is 0.660. The zero-order valence-electron chi connectivity index (χ0n) is 13.3. The molecule has 20 heavy (non-hydrogen) atoms. The van der Waals surface area contributed by atoms with E-state index in [2.05, 4.69) is 37.1 Å². The summed E-state index contributed by atoms with van der Waals surface area (Å²) in [5.74, 6) is 2.40. The average molecular weight is 276 g/mol. The van der Waals surface area contributed by atoms with Crippen molar-refractivity contribution in [2.24, 2.45) is 11.8 Å². The summed E-state index contributed by atoms with van der Waals surface area (Å²) in [5, 5.41) is 3.49. The molecule has 1 saturated carbocycles. The minimum absolute atomic E-state index is 0.660. The molecule has 3 heteroatoms. The van der Waals surface area contributed by atoms with Crippen molar-refractivity contribution in [3.8, 4) is 5.88 Å². The molecule has 0 atom stereocenters. The fourth-order valence-corrected chi connectivity index (χ4v) is 2.38. The lowest BCUT2D eigenvalue weighted by molar-refractivity contribution is 0.286. The first kappa shape index (κ1) is 15.3. The summed E-state index contributed by atoms with van der Waals surface area (Å²) in [6, 6.07) is 2.14. The van der Waals surface area contributed by atoms with Crippen LogP contribution in [-0.4, -0.2) is 18.1 Å². The highest BCUT2D eigenvalue weighted by molar-refractivity contribution is 5.35. The molecule has 1 aliphatic rings. The van der Waals surface area contributed by atoms with Crippen LogP contribution < -0.4 is 10.1 Å². The van der Waals surface area contributed by atoms with Gasteiger partial charge in [-0.3, -0.25) is 0 Å². The lowest BCUT2D eigenvalue weighted by Crippen LogP contribution is -2.20. The SMILES string of the molecule is Cc1cc(C)c(CNCC(C)C)c(OCCC2CC2)n1. The Morgan fingerprint density at radius 1 is 1.35 bits per heavy atom. The van der Waals surface area contributed by atoms with Crippen LogP contribution in [0, 0.1) is 25.7 Å². The average Bonchev–Trinajstić information content (AvgIpc) is 3.16. The van der Waals surface area contributed by atoms with E-state index >= 15 is 0 Å². The van der Waals surface area contributed by atoms with Crippen LogP contribution in [0.4, 0.5) is 0 Å². The lowest BCUT2D eigenvalue weighted by Gasteiger charge is -2.15. The first-order chi connectivity index (χ1) is 9.56. The van der Waals surface area contributed by atoms with E-state index in [0.29, 0.717) is 5.92 Å². The van der Waals surface area contributed by atoms with Crippen molar-refractivity contribution in [3.63, 3.8) is 0 Å². The van der Waals surface area contributed by atoms with Crippen molar-refractivity contribution < 1.29 is 4.74 Å². The van der Waals surface area contributed by atoms with Gasteiger partial charge < -0.3 is 10.1 Å². The van der Waals surface area contributed by atoms with Crippen LogP contribution in [0.2, 0.25) is 0 Å². The Bertz CT molecular complexity index is 439. The van der Waals surface area contributed by atoms with Crippen molar-refractivity contribution in [2.75, 3.05) is 13.2 Å². The monoisotopic (exact) mass is 276 g/mol. The van der Waals surface area contributed by atoms with Crippen molar-refractivity contribution in [1.82, 2.24) is 10.3 Å². The molecule has 0 unspecified atom stereocenters. The number of aryl methyl sites for hydroxylation is 2. The predicted molar refractivity (Wildman–Crippen MR) is 83.1 cm³/mol. The van der Waals surface area contributed by atoms with Gasteiger partial charge in [-0.2, -0.15) is 0 Å². The predicted octanol–water partition coefficient (Wildman–Crippen LogP) is 3.62. The largest absolute Gasteiger partial charge is 0.477 e. The highest BCUT2D eigenvalue weighted by atomic mass is 16.5. The standard InChI is InChI=1S/C17H28N2O/c1-12(2)10-18-11-16-13(3)9-14(4)19-17(16)20-8-7-15-5-6-15/h9,12,15,18H,5-8,10-11H2,1-4H3. The quantitative estimate of drug-likeness (QED) is 0.787. The zero-order chi connectivity index (χ0) is 14.5. The summed E-state index contributed by atoms with van der Waals surface area (Å²) in [6.45, 7) is 11.3. The minimum Gasteiger partial charge on any atom is -0.477 e. The Balaban J connectivity index is 1.97. The third-order valence-electron chi connectivity index (χ3n) is 3.75. The molecule has 0 amide bonds.